The van der Waals surface area contributed by atoms with E-state index in [0.717, 1.165) is 0 Å². The largest absolute Gasteiger partial charge is 0.462 e. The fourth-order valence-corrected chi connectivity index (χ4v) is 4.98. The Morgan fingerprint density at radius 2 is 1.82 bits per heavy atom. The topological polar surface area (TPSA) is 135 Å². The van der Waals surface area contributed by atoms with Crippen LogP contribution in [0.25, 0.3) is 10.9 Å². The Morgan fingerprint density at radius 3 is 2.50 bits per heavy atom. The number of hydrogen-bond donors (Lipinski definition) is 2. The van der Waals surface area contributed by atoms with Crippen LogP contribution in [0.4, 0.5) is 5.69 Å². The molecule has 0 unspecified atom stereocenters. The number of aromatic nitrogens is 1. The molecule has 0 radical (unpaired) electrons. The Kier molecular flexibility index (Phi) is 6.77. The molecule has 10 nitrogen and oxygen atoms in total. The molecule has 2 heterocycles. The Labute approximate surface area is 195 Å². The molecule has 1 amide bonds. The highest BCUT2D eigenvalue weighted by molar-refractivity contribution is 7.89. The second kappa shape index (κ2) is 9.75. The van der Waals surface area contributed by atoms with Crippen molar-refractivity contribution in [1.29, 1.82) is 0 Å². The number of benzene rings is 2. The Balaban J connectivity index is 1.54. The number of nitrogens with one attached hydrogen (secondary N) is 2. The molecule has 1 aromatic heterocycles. The van der Waals surface area contributed by atoms with E-state index in [1.54, 1.807) is 19.1 Å². The Bertz CT molecular complexity index is 1390. The van der Waals surface area contributed by atoms with Crippen LogP contribution in [0.1, 0.15) is 27.6 Å². The van der Waals surface area contributed by atoms with E-state index in [9.17, 15) is 22.8 Å². The van der Waals surface area contributed by atoms with E-state index in [2.05, 4.69) is 10.3 Å². The van der Waals surface area contributed by atoms with Crippen molar-refractivity contribution >= 4 is 38.5 Å². The van der Waals surface area contributed by atoms with E-state index in [4.69, 9.17) is 9.47 Å². The fraction of sp³-hybridized carbons (Fsp3) is 0.261. The number of morpholine rings is 1. The van der Waals surface area contributed by atoms with Crippen LogP contribution < -0.4 is 10.7 Å². The quantitative estimate of drug-likeness (QED) is 0.510. The van der Waals surface area contributed by atoms with Crippen molar-refractivity contribution in [3.05, 3.63) is 70.0 Å². The van der Waals surface area contributed by atoms with E-state index in [1.807, 2.05) is 0 Å². The third-order valence-electron chi connectivity index (χ3n) is 5.36. The molecule has 1 saturated heterocycles. The lowest BCUT2D eigenvalue weighted by Gasteiger charge is -2.26. The zero-order valence-corrected chi connectivity index (χ0v) is 19.2. The summed E-state index contributed by atoms with van der Waals surface area (Å²) in [6.45, 7) is 3.03. The van der Waals surface area contributed by atoms with E-state index in [0.29, 0.717) is 24.4 Å². The van der Waals surface area contributed by atoms with Crippen molar-refractivity contribution in [2.24, 2.45) is 0 Å². The van der Waals surface area contributed by atoms with Crippen LogP contribution >= 0.6 is 0 Å². The highest BCUT2D eigenvalue weighted by Crippen LogP contribution is 2.20. The SMILES string of the molecule is CCOC(=O)c1c[nH]c2ccc(NC(=O)c3ccc(S(=O)(=O)N4CCOCC4)cc3)cc2c1=O. The van der Waals surface area contributed by atoms with Gasteiger partial charge in [0.05, 0.1) is 24.7 Å². The van der Waals surface area contributed by atoms with Crippen molar-refractivity contribution in [1.82, 2.24) is 9.29 Å². The van der Waals surface area contributed by atoms with Crippen LogP contribution in [0.2, 0.25) is 0 Å². The number of anilines is 1. The number of esters is 1. The maximum atomic E-state index is 12.7. The molecule has 0 aliphatic carbocycles. The first kappa shape index (κ1) is 23.6. The summed E-state index contributed by atoms with van der Waals surface area (Å²) in [7, 11) is -3.66. The highest BCUT2D eigenvalue weighted by Gasteiger charge is 2.26. The zero-order valence-electron chi connectivity index (χ0n) is 18.4. The second-order valence-corrected chi connectivity index (χ2v) is 9.45. The molecule has 1 aliphatic rings. The van der Waals surface area contributed by atoms with Crippen LogP contribution in [0, 0.1) is 0 Å². The lowest BCUT2D eigenvalue weighted by Crippen LogP contribution is -2.40. The molecule has 2 aromatic carbocycles. The van der Waals surface area contributed by atoms with Gasteiger partial charge in [-0.3, -0.25) is 9.59 Å². The summed E-state index contributed by atoms with van der Waals surface area (Å²) >= 11 is 0. The number of carbonyl (C=O) groups excluding carboxylic acids is 2. The van der Waals surface area contributed by atoms with Gasteiger partial charge in [0.2, 0.25) is 15.5 Å². The van der Waals surface area contributed by atoms with Gasteiger partial charge in [-0.05, 0) is 49.4 Å². The van der Waals surface area contributed by atoms with Gasteiger partial charge in [-0.25, -0.2) is 13.2 Å². The average Bonchev–Trinajstić information content (AvgIpc) is 2.85. The molecule has 0 atom stereocenters. The minimum atomic E-state index is -3.66. The van der Waals surface area contributed by atoms with Crippen molar-refractivity contribution in [3.8, 4) is 0 Å². The predicted octanol–water partition coefficient (Wildman–Crippen LogP) is 1.98. The minimum absolute atomic E-state index is 0.0923. The lowest BCUT2D eigenvalue weighted by molar-refractivity contribution is 0.0524. The molecule has 0 saturated carbocycles. The van der Waals surface area contributed by atoms with Gasteiger partial charge in [-0.15, -0.1) is 0 Å². The standard InChI is InChI=1S/C23H23N3O7S/c1-2-33-23(29)19-14-24-20-8-5-16(13-18(20)21(19)27)25-22(28)15-3-6-17(7-4-15)34(30,31)26-9-11-32-12-10-26/h3-8,13-14H,2,9-12H2,1H3,(H,24,27)(H,25,28). The smallest absolute Gasteiger partial charge is 0.343 e. The van der Waals surface area contributed by atoms with Crippen LogP contribution in [-0.4, -0.2) is 62.5 Å². The van der Waals surface area contributed by atoms with Gasteiger partial charge < -0.3 is 19.8 Å². The number of ether oxygens (including phenoxy) is 2. The number of aromatic amines is 1. The second-order valence-electron chi connectivity index (χ2n) is 7.51. The van der Waals surface area contributed by atoms with Gasteiger partial charge in [0.25, 0.3) is 5.91 Å². The number of pyridine rings is 1. The van der Waals surface area contributed by atoms with E-state index in [1.165, 1.54) is 40.8 Å². The first-order valence-electron chi connectivity index (χ1n) is 10.6. The maximum absolute atomic E-state index is 12.7. The number of hydrogen-bond acceptors (Lipinski definition) is 7. The summed E-state index contributed by atoms with van der Waals surface area (Å²) < 4.78 is 36.9. The van der Waals surface area contributed by atoms with Crippen molar-refractivity contribution < 1.29 is 27.5 Å². The number of rotatable bonds is 6. The van der Waals surface area contributed by atoms with Gasteiger partial charge in [-0.2, -0.15) is 4.31 Å². The van der Waals surface area contributed by atoms with E-state index < -0.39 is 27.3 Å². The fourth-order valence-electron chi connectivity index (χ4n) is 3.57. The molecule has 0 spiro atoms. The third kappa shape index (κ3) is 4.72. The van der Waals surface area contributed by atoms with E-state index in [-0.39, 0.29) is 41.1 Å². The summed E-state index contributed by atoms with van der Waals surface area (Å²) in [5, 5.41) is 2.91. The lowest BCUT2D eigenvalue weighted by atomic mass is 10.1. The van der Waals surface area contributed by atoms with Gasteiger partial charge in [0.15, 0.2) is 0 Å². The number of sulfonamides is 1. The minimum Gasteiger partial charge on any atom is -0.462 e. The summed E-state index contributed by atoms with van der Waals surface area (Å²) in [6.07, 6.45) is 1.30. The molecule has 4 rings (SSSR count). The molecule has 2 N–H and O–H groups in total. The Morgan fingerprint density at radius 1 is 1.12 bits per heavy atom. The number of fused-ring (bicyclic) bond motifs is 1. The summed E-state index contributed by atoms with van der Waals surface area (Å²) in [5.74, 6) is -1.21. The number of nitrogens with zero attached hydrogens (tertiary/aromatic N) is 1. The normalized spacial score (nSPS) is 14.6. The zero-order chi connectivity index (χ0) is 24.3. The van der Waals surface area contributed by atoms with Crippen LogP contribution in [0.3, 0.4) is 0 Å². The maximum Gasteiger partial charge on any atom is 0.343 e. The molecular weight excluding hydrogens is 462 g/mol. The summed E-state index contributed by atoms with van der Waals surface area (Å²) in [6, 6.07) is 10.3. The Hall–Kier alpha value is -3.54. The van der Waals surface area contributed by atoms with Gasteiger partial charge in [-0.1, -0.05) is 0 Å². The number of carbonyl (C=O) groups is 2. The molecule has 178 valence electrons. The molecule has 3 aromatic rings. The summed E-state index contributed by atoms with van der Waals surface area (Å²) in [5.41, 5.74) is 0.439. The molecular formula is C23H23N3O7S. The first-order chi connectivity index (χ1) is 16.3. The summed E-state index contributed by atoms with van der Waals surface area (Å²) in [4.78, 5) is 40.4. The van der Waals surface area contributed by atoms with Gasteiger partial charge in [0, 0.05) is 41.4 Å². The van der Waals surface area contributed by atoms with Crippen LogP contribution in [-0.2, 0) is 19.5 Å². The third-order valence-corrected chi connectivity index (χ3v) is 7.27. The van der Waals surface area contributed by atoms with Crippen LogP contribution in [0.5, 0.6) is 0 Å². The predicted molar refractivity (Wildman–Crippen MR) is 124 cm³/mol. The monoisotopic (exact) mass is 485 g/mol. The first-order valence-corrected chi connectivity index (χ1v) is 12.1. The molecule has 11 heteroatoms. The van der Waals surface area contributed by atoms with Crippen molar-refractivity contribution in [2.75, 3.05) is 38.2 Å². The highest BCUT2D eigenvalue weighted by atomic mass is 32.2. The van der Waals surface area contributed by atoms with Crippen molar-refractivity contribution in [2.45, 2.75) is 11.8 Å². The van der Waals surface area contributed by atoms with Gasteiger partial charge in [0.1, 0.15) is 5.56 Å². The van der Waals surface area contributed by atoms with Gasteiger partial charge >= 0.3 is 5.97 Å². The molecule has 0 bridgehead atoms. The molecule has 1 aliphatic heterocycles. The van der Waals surface area contributed by atoms with E-state index >= 15 is 0 Å². The molecule has 34 heavy (non-hydrogen) atoms. The van der Waals surface area contributed by atoms with Crippen molar-refractivity contribution in [3.63, 3.8) is 0 Å². The number of amides is 1. The molecule has 1 fully saturated rings. The van der Waals surface area contributed by atoms with Crippen LogP contribution in [0.15, 0.2) is 58.4 Å². The average molecular weight is 486 g/mol. The number of H-pyrrole nitrogens is 1.